The van der Waals surface area contributed by atoms with Crippen molar-refractivity contribution in [2.75, 3.05) is 0 Å². The number of primary amides is 1. The zero-order valence-corrected chi connectivity index (χ0v) is 14.6. The Balaban J connectivity index is 2.49. The molecule has 3 amide bonds. The maximum atomic E-state index is 12.8. The quantitative estimate of drug-likeness (QED) is 0.635. The Labute approximate surface area is 143 Å². The summed E-state index contributed by atoms with van der Waals surface area (Å²) in [5.41, 5.74) is 5.41. The number of nitrogens with one attached hydrogen (secondary N) is 1. The highest BCUT2D eigenvalue weighted by Crippen LogP contribution is 2.25. The lowest BCUT2D eigenvalue weighted by Crippen LogP contribution is -2.39. The minimum Gasteiger partial charge on any atom is -0.351 e. The summed E-state index contributed by atoms with van der Waals surface area (Å²) in [7, 11) is 0. The van der Waals surface area contributed by atoms with E-state index in [1.807, 2.05) is 19.2 Å². The molecule has 0 aliphatic carbocycles. The van der Waals surface area contributed by atoms with Crippen LogP contribution in [-0.2, 0) is 4.79 Å². The Kier molecular flexibility index (Phi) is 5.61. The number of aromatic nitrogens is 2. The predicted octanol–water partition coefficient (Wildman–Crippen LogP) is 2.04. The Morgan fingerprint density at radius 1 is 1.33 bits per heavy atom. The number of para-hydroxylation sites is 1. The summed E-state index contributed by atoms with van der Waals surface area (Å²) in [6.45, 7) is 5.53. The molecule has 128 valence electrons. The Hall–Kier alpha value is -2.35. The van der Waals surface area contributed by atoms with Gasteiger partial charge in [0.05, 0.1) is 16.2 Å². The molecule has 1 aromatic heterocycles. The Bertz CT molecular complexity index is 834. The van der Waals surface area contributed by atoms with Gasteiger partial charge in [0.15, 0.2) is 5.16 Å². The molecule has 2 rings (SSSR count). The van der Waals surface area contributed by atoms with E-state index in [9.17, 15) is 14.4 Å². The lowest BCUT2D eigenvalue weighted by Gasteiger charge is -2.19. The molecule has 0 aliphatic rings. The maximum absolute atomic E-state index is 12.8. The number of urea groups is 1. The van der Waals surface area contributed by atoms with E-state index in [1.54, 1.807) is 35.8 Å². The van der Waals surface area contributed by atoms with Crippen molar-refractivity contribution in [1.29, 1.82) is 0 Å². The number of fused-ring (bicyclic) bond motifs is 1. The van der Waals surface area contributed by atoms with Gasteiger partial charge in [-0.3, -0.25) is 19.5 Å². The fraction of sp³-hybridized carbons (Fsp3) is 0.375. The van der Waals surface area contributed by atoms with Gasteiger partial charge in [0.1, 0.15) is 0 Å². The van der Waals surface area contributed by atoms with Crippen molar-refractivity contribution >= 4 is 34.6 Å². The van der Waals surface area contributed by atoms with Gasteiger partial charge in [-0.25, -0.2) is 9.78 Å². The number of benzene rings is 1. The third-order valence-electron chi connectivity index (χ3n) is 3.70. The Morgan fingerprint density at radius 2 is 2.00 bits per heavy atom. The number of hydrogen-bond acceptors (Lipinski definition) is 5. The van der Waals surface area contributed by atoms with Crippen LogP contribution in [0.3, 0.4) is 0 Å². The smallest absolute Gasteiger partial charge is 0.318 e. The standard InChI is InChI=1S/C16H20N4O3S/c1-4-9(2)20-14(22)11-7-5-6-8-12(11)18-16(20)24-10(3)13(21)19-15(17)23/h5-10H,4H2,1-3H3,(H3,17,19,21,23)/t9-,10-/m0/s1. The third kappa shape index (κ3) is 3.76. The highest BCUT2D eigenvalue weighted by Gasteiger charge is 2.21. The summed E-state index contributed by atoms with van der Waals surface area (Å²) in [4.78, 5) is 40.1. The number of nitrogens with two attached hydrogens (primary N) is 1. The molecule has 0 spiro atoms. The number of thioether (sulfide) groups is 1. The van der Waals surface area contributed by atoms with E-state index < -0.39 is 17.2 Å². The zero-order valence-electron chi connectivity index (χ0n) is 13.8. The molecule has 1 heterocycles. The van der Waals surface area contributed by atoms with Crippen LogP contribution in [0.15, 0.2) is 34.2 Å². The molecular formula is C16H20N4O3S. The average Bonchev–Trinajstić information content (AvgIpc) is 2.54. The van der Waals surface area contributed by atoms with Crippen molar-refractivity contribution in [2.24, 2.45) is 5.73 Å². The second-order valence-corrected chi connectivity index (χ2v) is 6.77. The number of nitrogens with zero attached hydrogens (tertiary/aromatic N) is 2. The van der Waals surface area contributed by atoms with Gasteiger partial charge in [0.2, 0.25) is 5.91 Å². The van der Waals surface area contributed by atoms with E-state index in [0.29, 0.717) is 16.1 Å². The Morgan fingerprint density at radius 3 is 2.62 bits per heavy atom. The van der Waals surface area contributed by atoms with Gasteiger partial charge in [-0.15, -0.1) is 0 Å². The van der Waals surface area contributed by atoms with Gasteiger partial charge < -0.3 is 5.73 Å². The highest BCUT2D eigenvalue weighted by atomic mass is 32.2. The summed E-state index contributed by atoms with van der Waals surface area (Å²) >= 11 is 1.13. The molecule has 1 aromatic carbocycles. The van der Waals surface area contributed by atoms with Gasteiger partial charge >= 0.3 is 6.03 Å². The first-order chi connectivity index (χ1) is 11.3. The van der Waals surface area contributed by atoms with Gasteiger partial charge in [0.25, 0.3) is 5.56 Å². The van der Waals surface area contributed by atoms with Crippen LogP contribution in [-0.4, -0.2) is 26.7 Å². The van der Waals surface area contributed by atoms with E-state index in [0.717, 1.165) is 18.2 Å². The second-order valence-electron chi connectivity index (χ2n) is 5.46. The van der Waals surface area contributed by atoms with Crippen LogP contribution in [0.5, 0.6) is 0 Å². The van der Waals surface area contributed by atoms with Crippen molar-refractivity contribution < 1.29 is 9.59 Å². The van der Waals surface area contributed by atoms with Crippen LogP contribution in [0, 0.1) is 0 Å². The van der Waals surface area contributed by atoms with Crippen LogP contribution in [0.1, 0.15) is 33.2 Å². The average molecular weight is 348 g/mol. The molecule has 0 saturated carbocycles. The SMILES string of the molecule is CC[C@H](C)n1c(S[C@@H](C)C(=O)NC(N)=O)nc2ccccc2c1=O. The number of amides is 3. The van der Waals surface area contributed by atoms with Crippen LogP contribution >= 0.6 is 11.8 Å². The minimum absolute atomic E-state index is 0.0662. The second kappa shape index (κ2) is 7.48. The summed E-state index contributed by atoms with van der Waals surface area (Å²) in [6, 6.07) is 6.13. The van der Waals surface area contributed by atoms with Crippen LogP contribution < -0.4 is 16.6 Å². The van der Waals surface area contributed by atoms with Crippen molar-refractivity contribution in [3.05, 3.63) is 34.6 Å². The molecule has 2 aromatic rings. The molecule has 0 bridgehead atoms. The first-order valence-corrected chi connectivity index (χ1v) is 8.51. The number of imide groups is 1. The molecule has 0 radical (unpaired) electrons. The number of carbonyl (C=O) groups excluding carboxylic acids is 2. The topological polar surface area (TPSA) is 107 Å². The van der Waals surface area contributed by atoms with Gasteiger partial charge in [-0.05, 0) is 32.4 Å². The van der Waals surface area contributed by atoms with Crippen LogP contribution in [0.2, 0.25) is 0 Å². The summed E-state index contributed by atoms with van der Waals surface area (Å²) in [6.07, 6.45) is 0.745. The van der Waals surface area contributed by atoms with Crippen LogP contribution in [0.4, 0.5) is 4.79 Å². The highest BCUT2D eigenvalue weighted by molar-refractivity contribution is 8.00. The summed E-state index contributed by atoms with van der Waals surface area (Å²) in [5, 5.41) is 2.40. The fourth-order valence-electron chi connectivity index (χ4n) is 2.21. The first-order valence-electron chi connectivity index (χ1n) is 7.63. The molecule has 24 heavy (non-hydrogen) atoms. The third-order valence-corrected chi connectivity index (χ3v) is 4.77. The minimum atomic E-state index is -0.904. The normalized spacial score (nSPS) is 13.5. The van der Waals surface area contributed by atoms with E-state index in [4.69, 9.17) is 5.73 Å². The van der Waals surface area contributed by atoms with Crippen molar-refractivity contribution in [2.45, 2.75) is 43.6 Å². The molecule has 0 fully saturated rings. The zero-order chi connectivity index (χ0) is 17.9. The molecule has 0 saturated heterocycles. The number of rotatable bonds is 5. The number of carbonyl (C=O) groups is 2. The molecule has 8 heteroatoms. The largest absolute Gasteiger partial charge is 0.351 e. The molecule has 3 N–H and O–H groups in total. The van der Waals surface area contributed by atoms with E-state index in [-0.39, 0.29) is 11.6 Å². The maximum Gasteiger partial charge on any atom is 0.318 e. The predicted molar refractivity (Wildman–Crippen MR) is 94.1 cm³/mol. The van der Waals surface area contributed by atoms with Crippen molar-refractivity contribution in [1.82, 2.24) is 14.9 Å². The molecule has 0 unspecified atom stereocenters. The summed E-state index contributed by atoms with van der Waals surface area (Å²) < 4.78 is 1.60. The van der Waals surface area contributed by atoms with Crippen LogP contribution in [0.25, 0.3) is 10.9 Å². The molecule has 7 nitrogen and oxygen atoms in total. The monoisotopic (exact) mass is 348 g/mol. The van der Waals surface area contributed by atoms with Gasteiger partial charge in [0, 0.05) is 6.04 Å². The first kappa shape index (κ1) is 18.0. The van der Waals surface area contributed by atoms with Gasteiger partial charge in [-0.2, -0.15) is 0 Å². The van der Waals surface area contributed by atoms with E-state index in [2.05, 4.69) is 4.98 Å². The van der Waals surface area contributed by atoms with E-state index in [1.165, 1.54) is 0 Å². The lowest BCUT2D eigenvalue weighted by molar-refractivity contribution is -0.119. The lowest BCUT2D eigenvalue weighted by atomic mass is 10.2. The summed E-state index contributed by atoms with van der Waals surface area (Å²) in [5.74, 6) is -0.523. The number of hydrogen-bond donors (Lipinski definition) is 2. The molecule has 2 atom stereocenters. The molecular weight excluding hydrogens is 328 g/mol. The molecule has 0 aliphatic heterocycles. The van der Waals surface area contributed by atoms with Crippen molar-refractivity contribution in [3.63, 3.8) is 0 Å². The van der Waals surface area contributed by atoms with Gasteiger partial charge in [-0.1, -0.05) is 30.8 Å². The fourth-order valence-corrected chi connectivity index (χ4v) is 3.22. The van der Waals surface area contributed by atoms with E-state index >= 15 is 0 Å². The van der Waals surface area contributed by atoms with Crippen molar-refractivity contribution in [3.8, 4) is 0 Å².